The van der Waals surface area contributed by atoms with Crippen molar-refractivity contribution in [3.63, 3.8) is 0 Å². The molecule has 0 spiro atoms. The summed E-state index contributed by atoms with van der Waals surface area (Å²) in [5.41, 5.74) is 15.9. The van der Waals surface area contributed by atoms with Crippen LogP contribution in [0.2, 0.25) is 0 Å². The lowest BCUT2D eigenvalue weighted by Gasteiger charge is -2.26. The molecule has 0 heterocycles. The zero-order chi connectivity index (χ0) is 12.1. The smallest absolute Gasteiger partial charge is 0.218 e. The number of aliphatic imine (C=N–C) groups is 2. The van der Waals surface area contributed by atoms with Crippen LogP contribution in [-0.2, 0) is 0 Å². The van der Waals surface area contributed by atoms with E-state index in [0.717, 1.165) is 6.54 Å². The van der Waals surface area contributed by atoms with Gasteiger partial charge in [0.05, 0.1) is 0 Å². The van der Waals surface area contributed by atoms with Crippen molar-refractivity contribution in [1.82, 2.24) is 4.90 Å². The van der Waals surface area contributed by atoms with Gasteiger partial charge in [-0.05, 0) is 19.5 Å². The second-order valence-corrected chi connectivity index (χ2v) is 4.61. The highest BCUT2D eigenvalue weighted by molar-refractivity contribution is 5.92. The van der Waals surface area contributed by atoms with Crippen LogP contribution in [0.25, 0.3) is 0 Å². The summed E-state index contributed by atoms with van der Waals surface area (Å²) in [6.45, 7) is 5.73. The third-order valence-electron chi connectivity index (χ3n) is 1.66. The molecule has 0 aliphatic rings. The zero-order valence-electron chi connectivity index (χ0n) is 9.99. The van der Waals surface area contributed by atoms with Gasteiger partial charge in [-0.2, -0.15) is 4.99 Å². The van der Waals surface area contributed by atoms with Crippen molar-refractivity contribution in [2.24, 2.45) is 32.6 Å². The Balaban J connectivity index is 4.29. The van der Waals surface area contributed by atoms with Crippen LogP contribution in [0.5, 0.6) is 0 Å². The Morgan fingerprint density at radius 1 is 1.20 bits per heavy atom. The Labute approximate surface area is 91.2 Å². The second kappa shape index (κ2) is 5.55. The van der Waals surface area contributed by atoms with Crippen molar-refractivity contribution in [3.8, 4) is 0 Å². The van der Waals surface area contributed by atoms with Crippen LogP contribution in [0, 0.1) is 5.41 Å². The molecule has 6 N–H and O–H groups in total. The SMILES string of the molecule is CN(C)CC(C)(C)CN=C(N)N=C(N)N. The third-order valence-corrected chi connectivity index (χ3v) is 1.66. The Hall–Kier alpha value is -1.30. The summed E-state index contributed by atoms with van der Waals surface area (Å²) in [5, 5.41) is 0. The molecule has 6 nitrogen and oxygen atoms in total. The Morgan fingerprint density at radius 2 is 1.73 bits per heavy atom. The second-order valence-electron chi connectivity index (χ2n) is 4.61. The molecule has 0 unspecified atom stereocenters. The van der Waals surface area contributed by atoms with Crippen molar-refractivity contribution in [3.05, 3.63) is 0 Å². The predicted molar refractivity (Wildman–Crippen MR) is 64.6 cm³/mol. The van der Waals surface area contributed by atoms with Crippen molar-refractivity contribution in [2.75, 3.05) is 27.2 Å². The van der Waals surface area contributed by atoms with E-state index in [4.69, 9.17) is 17.2 Å². The van der Waals surface area contributed by atoms with Gasteiger partial charge in [0, 0.05) is 13.1 Å². The fourth-order valence-electron chi connectivity index (χ4n) is 1.37. The van der Waals surface area contributed by atoms with Gasteiger partial charge in [-0.15, -0.1) is 0 Å². The van der Waals surface area contributed by atoms with Gasteiger partial charge in [0.15, 0.2) is 5.96 Å². The van der Waals surface area contributed by atoms with E-state index in [1.807, 2.05) is 14.1 Å². The first-order chi connectivity index (χ1) is 6.73. The summed E-state index contributed by atoms with van der Waals surface area (Å²) in [7, 11) is 4.04. The van der Waals surface area contributed by atoms with Gasteiger partial charge in [0.1, 0.15) is 0 Å². The molecular weight excluding hydrogens is 192 g/mol. The molecule has 0 aliphatic carbocycles. The van der Waals surface area contributed by atoms with Crippen LogP contribution in [0.1, 0.15) is 13.8 Å². The molecule has 0 radical (unpaired) electrons. The molecule has 0 fully saturated rings. The number of hydrogen-bond acceptors (Lipinski definition) is 2. The highest BCUT2D eigenvalue weighted by Crippen LogP contribution is 2.15. The normalized spacial score (nSPS) is 13.0. The number of nitrogens with two attached hydrogens (primary N) is 3. The Morgan fingerprint density at radius 3 is 2.13 bits per heavy atom. The van der Waals surface area contributed by atoms with Gasteiger partial charge in [-0.25, -0.2) is 0 Å². The van der Waals surface area contributed by atoms with Gasteiger partial charge in [-0.1, -0.05) is 13.8 Å². The minimum absolute atomic E-state index is 0.0486. The number of nitrogens with zero attached hydrogens (tertiary/aromatic N) is 3. The van der Waals surface area contributed by atoms with Crippen molar-refractivity contribution in [1.29, 1.82) is 0 Å². The summed E-state index contributed by atoms with van der Waals surface area (Å²) in [6.07, 6.45) is 0. The first-order valence-corrected chi connectivity index (χ1v) is 4.77. The molecule has 0 amide bonds. The predicted octanol–water partition coefficient (Wildman–Crippen LogP) is -0.838. The quantitative estimate of drug-likeness (QED) is 0.419. The van der Waals surface area contributed by atoms with Crippen LogP contribution in [0.4, 0.5) is 0 Å². The maximum atomic E-state index is 5.50. The first-order valence-electron chi connectivity index (χ1n) is 4.77. The zero-order valence-corrected chi connectivity index (χ0v) is 9.99. The lowest BCUT2D eigenvalue weighted by molar-refractivity contribution is 0.249. The molecule has 6 heteroatoms. The summed E-state index contributed by atoms with van der Waals surface area (Å²) < 4.78 is 0. The molecule has 15 heavy (non-hydrogen) atoms. The first kappa shape index (κ1) is 13.7. The molecular formula is C9H22N6. The molecule has 0 aromatic carbocycles. The van der Waals surface area contributed by atoms with Gasteiger partial charge >= 0.3 is 0 Å². The maximum absolute atomic E-state index is 5.50. The van der Waals surface area contributed by atoms with Crippen LogP contribution in [0.15, 0.2) is 9.98 Å². The molecule has 0 atom stereocenters. The fourth-order valence-corrected chi connectivity index (χ4v) is 1.37. The number of rotatable bonds is 4. The number of hydrogen-bond donors (Lipinski definition) is 3. The van der Waals surface area contributed by atoms with Gasteiger partial charge in [0.2, 0.25) is 5.96 Å². The van der Waals surface area contributed by atoms with E-state index >= 15 is 0 Å². The van der Waals surface area contributed by atoms with Crippen LogP contribution < -0.4 is 17.2 Å². The molecule has 0 rings (SSSR count). The third kappa shape index (κ3) is 7.75. The minimum Gasteiger partial charge on any atom is -0.370 e. The van der Waals surface area contributed by atoms with E-state index < -0.39 is 0 Å². The maximum Gasteiger partial charge on any atom is 0.218 e. The van der Waals surface area contributed by atoms with E-state index in [1.165, 1.54) is 0 Å². The average molecular weight is 214 g/mol. The molecule has 88 valence electrons. The molecule has 0 saturated heterocycles. The minimum atomic E-state index is -0.0679. The average Bonchev–Trinajstić information content (AvgIpc) is 1.97. The monoisotopic (exact) mass is 214 g/mol. The topological polar surface area (TPSA) is 106 Å². The summed E-state index contributed by atoms with van der Waals surface area (Å²) in [6, 6.07) is 0. The van der Waals surface area contributed by atoms with Gasteiger partial charge < -0.3 is 22.1 Å². The van der Waals surface area contributed by atoms with E-state index in [1.54, 1.807) is 0 Å². The lowest BCUT2D eigenvalue weighted by Crippen LogP contribution is -2.32. The Bertz CT molecular complexity index is 249. The Kier molecular flexibility index (Phi) is 5.07. The molecule has 0 aromatic heterocycles. The number of guanidine groups is 2. The van der Waals surface area contributed by atoms with Gasteiger partial charge in [-0.3, -0.25) is 4.99 Å². The molecule has 0 aromatic rings. The van der Waals surface area contributed by atoms with Crippen LogP contribution in [-0.4, -0.2) is 44.0 Å². The molecule has 0 bridgehead atoms. The van der Waals surface area contributed by atoms with Crippen LogP contribution in [0.3, 0.4) is 0 Å². The van der Waals surface area contributed by atoms with Crippen molar-refractivity contribution in [2.45, 2.75) is 13.8 Å². The summed E-state index contributed by atoms with van der Waals surface area (Å²) in [4.78, 5) is 9.86. The summed E-state index contributed by atoms with van der Waals surface area (Å²) in [5.74, 6) is 0.0588. The van der Waals surface area contributed by atoms with E-state index in [9.17, 15) is 0 Å². The summed E-state index contributed by atoms with van der Waals surface area (Å²) >= 11 is 0. The highest BCUT2D eigenvalue weighted by Gasteiger charge is 2.18. The van der Waals surface area contributed by atoms with E-state index in [2.05, 4.69) is 28.7 Å². The van der Waals surface area contributed by atoms with E-state index in [-0.39, 0.29) is 17.3 Å². The van der Waals surface area contributed by atoms with Crippen molar-refractivity contribution >= 4 is 11.9 Å². The standard InChI is InChI=1S/C9H22N6/c1-9(2,6-15(3)4)5-13-8(12)14-7(10)11/h5-6H2,1-4H3,(H6,10,11,12,13,14). The fraction of sp³-hybridized carbons (Fsp3) is 0.778. The van der Waals surface area contributed by atoms with E-state index in [0.29, 0.717) is 6.54 Å². The molecule has 0 saturated carbocycles. The van der Waals surface area contributed by atoms with Crippen LogP contribution >= 0.6 is 0 Å². The molecule has 0 aliphatic heterocycles. The highest BCUT2D eigenvalue weighted by atomic mass is 15.1. The van der Waals surface area contributed by atoms with Crippen molar-refractivity contribution < 1.29 is 0 Å². The van der Waals surface area contributed by atoms with Gasteiger partial charge in [0.25, 0.3) is 0 Å². The lowest BCUT2D eigenvalue weighted by atomic mass is 9.93. The largest absolute Gasteiger partial charge is 0.370 e.